The molecule has 1 atom stereocenters. The van der Waals surface area contributed by atoms with E-state index in [-0.39, 0.29) is 17.6 Å². The zero-order chi connectivity index (χ0) is 15.4. The number of benzene rings is 2. The Labute approximate surface area is 132 Å². The smallest absolute Gasteiger partial charge is 0.165 e. The fourth-order valence-electron chi connectivity index (χ4n) is 2.00. The van der Waals surface area contributed by atoms with Crippen molar-refractivity contribution in [3.05, 3.63) is 52.3 Å². The van der Waals surface area contributed by atoms with Crippen molar-refractivity contribution >= 4 is 21.6 Å². The van der Waals surface area contributed by atoms with Crippen molar-refractivity contribution in [3.8, 4) is 11.5 Å². The lowest BCUT2D eigenvalue weighted by Gasteiger charge is -2.18. The first-order valence-electron chi connectivity index (χ1n) is 6.48. The fourth-order valence-corrected chi connectivity index (χ4v) is 2.37. The number of halogens is 2. The summed E-state index contributed by atoms with van der Waals surface area (Å²) in [5.41, 5.74) is 1.84. The van der Waals surface area contributed by atoms with Gasteiger partial charge in [-0.15, -0.1) is 0 Å². The number of anilines is 1. The molecule has 0 aliphatic rings. The monoisotopic (exact) mass is 353 g/mol. The van der Waals surface area contributed by atoms with Gasteiger partial charge in [-0.3, -0.25) is 0 Å². The predicted octanol–water partition coefficient (Wildman–Crippen LogP) is 4.78. The molecular formula is C16H17BrFNO2. The molecular weight excluding hydrogens is 337 g/mol. The molecule has 1 unspecified atom stereocenters. The minimum absolute atomic E-state index is 0.0112. The molecule has 0 amide bonds. The van der Waals surface area contributed by atoms with Crippen molar-refractivity contribution in [2.75, 3.05) is 19.5 Å². The Morgan fingerprint density at radius 1 is 1.10 bits per heavy atom. The van der Waals surface area contributed by atoms with Gasteiger partial charge in [0.05, 0.1) is 19.9 Å². The molecule has 0 bridgehead atoms. The summed E-state index contributed by atoms with van der Waals surface area (Å²) < 4.78 is 24.6. The van der Waals surface area contributed by atoms with Crippen LogP contribution in [0.2, 0.25) is 0 Å². The SMILES string of the molecule is COc1ccc(Br)c(NC(C)c2ccc(F)c(OC)c2)c1. The Kier molecular flexibility index (Phi) is 5.07. The van der Waals surface area contributed by atoms with Crippen LogP contribution in [-0.2, 0) is 0 Å². The molecule has 0 fully saturated rings. The average molecular weight is 354 g/mol. The fraction of sp³-hybridized carbons (Fsp3) is 0.250. The molecule has 112 valence electrons. The van der Waals surface area contributed by atoms with Crippen molar-refractivity contribution in [1.82, 2.24) is 0 Å². The van der Waals surface area contributed by atoms with Gasteiger partial charge in [0, 0.05) is 16.6 Å². The molecule has 2 aromatic carbocycles. The Balaban J connectivity index is 2.23. The van der Waals surface area contributed by atoms with E-state index in [9.17, 15) is 4.39 Å². The number of methoxy groups -OCH3 is 2. The van der Waals surface area contributed by atoms with E-state index in [1.54, 1.807) is 19.2 Å². The number of ether oxygens (including phenoxy) is 2. The Bertz CT molecular complexity index is 634. The number of hydrogen-bond donors (Lipinski definition) is 1. The van der Waals surface area contributed by atoms with E-state index in [4.69, 9.17) is 9.47 Å². The van der Waals surface area contributed by atoms with Crippen LogP contribution in [0.4, 0.5) is 10.1 Å². The third-order valence-electron chi connectivity index (χ3n) is 3.22. The largest absolute Gasteiger partial charge is 0.497 e. The molecule has 0 spiro atoms. The highest BCUT2D eigenvalue weighted by Crippen LogP contribution is 2.31. The van der Waals surface area contributed by atoms with E-state index in [0.717, 1.165) is 21.5 Å². The molecule has 1 N–H and O–H groups in total. The van der Waals surface area contributed by atoms with Gasteiger partial charge in [-0.05, 0) is 52.7 Å². The molecule has 0 heterocycles. The summed E-state index contributed by atoms with van der Waals surface area (Å²) in [4.78, 5) is 0. The van der Waals surface area contributed by atoms with Gasteiger partial charge in [0.1, 0.15) is 5.75 Å². The van der Waals surface area contributed by atoms with Crippen LogP contribution < -0.4 is 14.8 Å². The van der Waals surface area contributed by atoms with Gasteiger partial charge >= 0.3 is 0 Å². The number of rotatable bonds is 5. The highest BCUT2D eigenvalue weighted by atomic mass is 79.9. The molecule has 5 heteroatoms. The molecule has 2 rings (SSSR count). The van der Waals surface area contributed by atoms with Crippen molar-refractivity contribution in [2.24, 2.45) is 0 Å². The van der Waals surface area contributed by atoms with Crippen LogP contribution in [-0.4, -0.2) is 14.2 Å². The van der Waals surface area contributed by atoms with Crippen molar-refractivity contribution in [1.29, 1.82) is 0 Å². The van der Waals surface area contributed by atoms with Crippen LogP contribution in [0.5, 0.6) is 11.5 Å². The van der Waals surface area contributed by atoms with Gasteiger partial charge in [-0.1, -0.05) is 6.07 Å². The van der Waals surface area contributed by atoms with Gasteiger partial charge in [0.15, 0.2) is 11.6 Å². The van der Waals surface area contributed by atoms with Crippen LogP contribution in [0.3, 0.4) is 0 Å². The second-order valence-corrected chi connectivity index (χ2v) is 5.46. The third-order valence-corrected chi connectivity index (χ3v) is 3.91. The zero-order valence-electron chi connectivity index (χ0n) is 12.1. The lowest BCUT2D eigenvalue weighted by Crippen LogP contribution is -2.07. The Hall–Kier alpha value is -1.75. The average Bonchev–Trinajstić information content (AvgIpc) is 2.49. The van der Waals surface area contributed by atoms with Crippen molar-refractivity contribution in [2.45, 2.75) is 13.0 Å². The third kappa shape index (κ3) is 3.67. The molecule has 21 heavy (non-hydrogen) atoms. The zero-order valence-corrected chi connectivity index (χ0v) is 13.7. The minimum atomic E-state index is -0.365. The van der Waals surface area contributed by atoms with Crippen molar-refractivity contribution in [3.63, 3.8) is 0 Å². The van der Waals surface area contributed by atoms with Crippen LogP contribution in [0.25, 0.3) is 0 Å². The van der Waals surface area contributed by atoms with Crippen LogP contribution in [0.15, 0.2) is 40.9 Å². The summed E-state index contributed by atoms with van der Waals surface area (Å²) in [6, 6.07) is 10.5. The second-order valence-electron chi connectivity index (χ2n) is 4.61. The van der Waals surface area contributed by atoms with E-state index in [1.165, 1.54) is 13.2 Å². The second kappa shape index (κ2) is 6.80. The first-order valence-corrected chi connectivity index (χ1v) is 7.28. The van der Waals surface area contributed by atoms with Gasteiger partial charge in [-0.25, -0.2) is 4.39 Å². The van der Waals surface area contributed by atoms with E-state index < -0.39 is 0 Å². The number of nitrogens with one attached hydrogen (secondary N) is 1. The Morgan fingerprint density at radius 3 is 2.52 bits per heavy atom. The quantitative estimate of drug-likeness (QED) is 0.838. The lowest BCUT2D eigenvalue weighted by atomic mass is 10.1. The van der Waals surface area contributed by atoms with E-state index in [2.05, 4.69) is 21.2 Å². The van der Waals surface area contributed by atoms with Crippen LogP contribution in [0, 0.1) is 5.82 Å². The summed E-state index contributed by atoms with van der Waals surface area (Å²) in [5.74, 6) is 0.645. The summed E-state index contributed by atoms with van der Waals surface area (Å²) >= 11 is 3.50. The lowest BCUT2D eigenvalue weighted by molar-refractivity contribution is 0.385. The van der Waals surface area contributed by atoms with E-state index in [0.29, 0.717) is 0 Å². The van der Waals surface area contributed by atoms with Crippen LogP contribution >= 0.6 is 15.9 Å². The summed E-state index contributed by atoms with van der Waals surface area (Å²) in [6.07, 6.45) is 0. The predicted molar refractivity (Wildman–Crippen MR) is 85.7 cm³/mol. The summed E-state index contributed by atoms with van der Waals surface area (Å²) in [5, 5.41) is 3.37. The molecule has 2 aromatic rings. The van der Waals surface area contributed by atoms with E-state index >= 15 is 0 Å². The molecule has 0 saturated heterocycles. The molecule has 3 nitrogen and oxygen atoms in total. The highest BCUT2D eigenvalue weighted by molar-refractivity contribution is 9.10. The first-order chi connectivity index (χ1) is 10.0. The van der Waals surface area contributed by atoms with Crippen LogP contribution in [0.1, 0.15) is 18.5 Å². The molecule has 0 aliphatic heterocycles. The van der Waals surface area contributed by atoms with Gasteiger partial charge in [0.25, 0.3) is 0 Å². The standard InChI is InChI=1S/C16H17BrFNO2/c1-10(11-4-7-14(18)16(8-11)21-3)19-15-9-12(20-2)5-6-13(15)17/h4-10,19H,1-3H3. The topological polar surface area (TPSA) is 30.5 Å². The van der Waals surface area contributed by atoms with Gasteiger partial charge in [0.2, 0.25) is 0 Å². The molecule has 0 radical (unpaired) electrons. The number of hydrogen-bond acceptors (Lipinski definition) is 3. The van der Waals surface area contributed by atoms with Gasteiger partial charge in [-0.2, -0.15) is 0 Å². The van der Waals surface area contributed by atoms with Crippen molar-refractivity contribution < 1.29 is 13.9 Å². The maximum Gasteiger partial charge on any atom is 0.165 e. The summed E-state index contributed by atoms with van der Waals surface area (Å²) in [7, 11) is 3.08. The van der Waals surface area contributed by atoms with Gasteiger partial charge < -0.3 is 14.8 Å². The normalized spacial score (nSPS) is 11.9. The highest BCUT2D eigenvalue weighted by Gasteiger charge is 2.11. The maximum atomic E-state index is 13.5. The minimum Gasteiger partial charge on any atom is -0.497 e. The molecule has 0 saturated carbocycles. The van der Waals surface area contributed by atoms with E-state index in [1.807, 2.05) is 25.1 Å². The summed E-state index contributed by atoms with van der Waals surface area (Å²) in [6.45, 7) is 2.00. The Morgan fingerprint density at radius 2 is 1.86 bits per heavy atom. The molecule has 0 aliphatic carbocycles. The first kappa shape index (κ1) is 15.6. The molecule has 0 aromatic heterocycles. The maximum absolute atomic E-state index is 13.5.